The highest BCUT2D eigenvalue weighted by Crippen LogP contribution is 2.12. The summed E-state index contributed by atoms with van der Waals surface area (Å²) in [7, 11) is 0. The van der Waals surface area contributed by atoms with Gasteiger partial charge < -0.3 is 10.2 Å². The smallest absolute Gasteiger partial charge is 0.239 e. The molecule has 1 unspecified atom stereocenters. The van der Waals surface area contributed by atoms with Crippen LogP contribution in [0, 0.1) is 0 Å². The minimum absolute atomic E-state index is 0.0552. The largest absolute Gasteiger partial charge is 0.336 e. The van der Waals surface area contributed by atoms with Gasteiger partial charge in [-0.2, -0.15) is 0 Å². The molecule has 1 saturated heterocycles. The van der Waals surface area contributed by atoms with Crippen molar-refractivity contribution in [3.8, 4) is 0 Å². The number of hydrogen-bond acceptors (Lipinski definition) is 4. The molecule has 15 heavy (non-hydrogen) atoms. The number of hydrogen-bond donors (Lipinski definition) is 1. The SMILES string of the molecule is CC1NCCCN(Cc2cncs2)C1=O. The average Bonchev–Trinajstić information content (AvgIpc) is 2.68. The van der Waals surface area contributed by atoms with E-state index in [1.54, 1.807) is 16.8 Å². The first-order valence-corrected chi connectivity index (χ1v) is 6.05. The topological polar surface area (TPSA) is 45.2 Å². The van der Waals surface area contributed by atoms with Gasteiger partial charge in [-0.05, 0) is 19.9 Å². The summed E-state index contributed by atoms with van der Waals surface area (Å²) < 4.78 is 0. The average molecular weight is 225 g/mol. The normalized spacial score (nSPS) is 22.9. The van der Waals surface area contributed by atoms with Gasteiger partial charge in [0.15, 0.2) is 0 Å². The van der Waals surface area contributed by atoms with Gasteiger partial charge in [-0.15, -0.1) is 11.3 Å². The van der Waals surface area contributed by atoms with Crippen LogP contribution in [-0.4, -0.2) is 34.9 Å². The number of carbonyl (C=O) groups excluding carboxylic acids is 1. The summed E-state index contributed by atoms with van der Waals surface area (Å²) in [6.07, 6.45) is 2.86. The lowest BCUT2D eigenvalue weighted by molar-refractivity contribution is -0.132. The maximum absolute atomic E-state index is 11.9. The van der Waals surface area contributed by atoms with E-state index in [0.29, 0.717) is 6.54 Å². The van der Waals surface area contributed by atoms with Gasteiger partial charge in [0.25, 0.3) is 0 Å². The number of nitrogens with one attached hydrogen (secondary N) is 1. The van der Waals surface area contributed by atoms with E-state index >= 15 is 0 Å². The summed E-state index contributed by atoms with van der Waals surface area (Å²) >= 11 is 1.60. The molecular weight excluding hydrogens is 210 g/mol. The van der Waals surface area contributed by atoms with Crippen LogP contribution in [-0.2, 0) is 11.3 Å². The molecule has 1 atom stereocenters. The van der Waals surface area contributed by atoms with Gasteiger partial charge in [-0.3, -0.25) is 9.78 Å². The molecule has 82 valence electrons. The number of amides is 1. The minimum Gasteiger partial charge on any atom is -0.336 e. The van der Waals surface area contributed by atoms with Gasteiger partial charge in [-0.1, -0.05) is 0 Å². The summed E-state index contributed by atoms with van der Waals surface area (Å²) in [4.78, 5) is 19.0. The second kappa shape index (κ2) is 4.72. The molecule has 2 rings (SSSR count). The molecule has 5 heteroatoms. The summed E-state index contributed by atoms with van der Waals surface area (Å²) in [6.45, 7) is 4.39. The van der Waals surface area contributed by atoms with Crippen LogP contribution >= 0.6 is 11.3 Å². The van der Waals surface area contributed by atoms with E-state index in [2.05, 4.69) is 10.3 Å². The van der Waals surface area contributed by atoms with Crippen LogP contribution in [0.3, 0.4) is 0 Å². The Hall–Kier alpha value is -0.940. The van der Waals surface area contributed by atoms with Crippen molar-refractivity contribution in [1.82, 2.24) is 15.2 Å². The van der Waals surface area contributed by atoms with Crippen molar-refractivity contribution < 1.29 is 4.79 Å². The summed E-state index contributed by atoms with van der Waals surface area (Å²) in [5.41, 5.74) is 1.80. The van der Waals surface area contributed by atoms with Crippen LogP contribution in [0.5, 0.6) is 0 Å². The Balaban J connectivity index is 2.03. The van der Waals surface area contributed by atoms with Crippen LogP contribution in [0.1, 0.15) is 18.2 Å². The molecule has 0 radical (unpaired) electrons. The number of rotatable bonds is 2. The van der Waals surface area contributed by atoms with Crippen LogP contribution in [0.2, 0.25) is 0 Å². The van der Waals surface area contributed by atoms with Crippen molar-refractivity contribution in [3.63, 3.8) is 0 Å². The third-order valence-corrected chi connectivity index (χ3v) is 3.33. The fourth-order valence-electron chi connectivity index (χ4n) is 1.73. The summed E-state index contributed by atoms with van der Waals surface area (Å²) in [5.74, 6) is 0.195. The molecule has 4 nitrogen and oxygen atoms in total. The summed E-state index contributed by atoms with van der Waals surface area (Å²) in [5, 5.41) is 3.20. The molecule has 1 amide bonds. The van der Waals surface area contributed by atoms with E-state index in [1.165, 1.54) is 0 Å². The van der Waals surface area contributed by atoms with Gasteiger partial charge in [0.05, 0.1) is 18.1 Å². The van der Waals surface area contributed by atoms with E-state index in [4.69, 9.17) is 0 Å². The molecule has 1 aliphatic heterocycles. The molecule has 1 aromatic heterocycles. The number of carbonyl (C=O) groups is 1. The molecule has 1 aromatic rings. The Morgan fingerprint density at radius 2 is 2.60 bits per heavy atom. The highest BCUT2D eigenvalue weighted by Gasteiger charge is 2.22. The van der Waals surface area contributed by atoms with E-state index in [-0.39, 0.29) is 11.9 Å². The fourth-order valence-corrected chi connectivity index (χ4v) is 2.33. The van der Waals surface area contributed by atoms with E-state index in [1.807, 2.05) is 18.0 Å². The monoisotopic (exact) mass is 225 g/mol. The molecule has 0 aromatic carbocycles. The lowest BCUT2D eigenvalue weighted by Crippen LogP contribution is -2.41. The second-order valence-corrected chi connectivity index (χ2v) is 4.73. The molecule has 0 spiro atoms. The Morgan fingerprint density at radius 3 is 3.33 bits per heavy atom. The maximum Gasteiger partial charge on any atom is 0.239 e. The van der Waals surface area contributed by atoms with Gasteiger partial charge in [0.2, 0.25) is 5.91 Å². The number of aromatic nitrogens is 1. The van der Waals surface area contributed by atoms with Crippen LogP contribution in [0.25, 0.3) is 0 Å². The van der Waals surface area contributed by atoms with E-state index in [0.717, 1.165) is 24.4 Å². The lowest BCUT2D eigenvalue weighted by atomic mass is 10.3. The molecule has 1 fully saturated rings. The molecule has 0 saturated carbocycles. The van der Waals surface area contributed by atoms with Crippen molar-refractivity contribution in [1.29, 1.82) is 0 Å². The Labute approximate surface area is 93.3 Å². The van der Waals surface area contributed by atoms with Crippen molar-refractivity contribution in [2.75, 3.05) is 13.1 Å². The van der Waals surface area contributed by atoms with Crippen LogP contribution in [0.4, 0.5) is 0 Å². The highest BCUT2D eigenvalue weighted by molar-refractivity contribution is 7.09. The third-order valence-electron chi connectivity index (χ3n) is 2.57. The molecular formula is C10H15N3OS. The fraction of sp³-hybridized carbons (Fsp3) is 0.600. The second-order valence-electron chi connectivity index (χ2n) is 3.76. The first kappa shape index (κ1) is 10.6. The predicted molar refractivity (Wildman–Crippen MR) is 59.6 cm³/mol. The zero-order valence-corrected chi connectivity index (χ0v) is 9.59. The van der Waals surface area contributed by atoms with Crippen LogP contribution < -0.4 is 5.32 Å². The van der Waals surface area contributed by atoms with Gasteiger partial charge in [-0.25, -0.2) is 0 Å². The first-order chi connectivity index (χ1) is 7.27. The standard InChI is InChI=1S/C10H15N3OS/c1-8-10(14)13(4-2-3-12-8)6-9-5-11-7-15-9/h5,7-8,12H,2-4,6H2,1H3. The molecule has 2 heterocycles. The molecule has 1 N–H and O–H groups in total. The van der Waals surface area contributed by atoms with Crippen LogP contribution in [0.15, 0.2) is 11.7 Å². The number of thiazole rings is 1. The molecule has 0 bridgehead atoms. The summed E-state index contributed by atoms with van der Waals surface area (Å²) in [6, 6.07) is -0.0552. The van der Waals surface area contributed by atoms with Gasteiger partial charge in [0, 0.05) is 17.6 Å². The Morgan fingerprint density at radius 1 is 1.73 bits per heavy atom. The van der Waals surface area contributed by atoms with E-state index in [9.17, 15) is 4.79 Å². The van der Waals surface area contributed by atoms with Gasteiger partial charge in [0.1, 0.15) is 0 Å². The third kappa shape index (κ3) is 2.54. The van der Waals surface area contributed by atoms with Gasteiger partial charge >= 0.3 is 0 Å². The minimum atomic E-state index is -0.0552. The van der Waals surface area contributed by atoms with Crippen molar-refractivity contribution in [2.24, 2.45) is 0 Å². The van der Waals surface area contributed by atoms with Crippen molar-refractivity contribution >= 4 is 17.2 Å². The van der Waals surface area contributed by atoms with Crippen molar-refractivity contribution in [3.05, 3.63) is 16.6 Å². The Bertz CT molecular complexity index is 325. The Kier molecular flexibility index (Phi) is 3.33. The van der Waals surface area contributed by atoms with Crippen molar-refractivity contribution in [2.45, 2.75) is 25.9 Å². The number of nitrogens with zero attached hydrogens (tertiary/aromatic N) is 2. The molecule has 1 aliphatic rings. The highest BCUT2D eigenvalue weighted by atomic mass is 32.1. The first-order valence-electron chi connectivity index (χ1n) is 5.17. The lowest BCUT2D eigenvalue weighted by Gasteiger charge is -2.21. The quantitative estimate of drug-likeness (QED) is 0.811. The van der Waals surface area contributed by atoms with E-state index < -0.39 is 0 Å². The zero-order chi connectivity index (χ0) is 10.7. The predicted octanol–water partition coefficient (Wildman–Crippen LogP) is 0.853. The molecule has 0 aliphatic carbocycles. The zero-order valence-electron chi connectivity index (χ0n) is 8.77. The maximum atomic E-state index is 11.9.